The largest absolute Gasteiger partial charge is 0.493 e. The Morgan fingerprint density at radius 2 is 2.31 bits per heavy atom. The van der Waals surface area contributed by atoms with Crippen LogP contribution in [0.15, 0.2) is 6.07 Å². The summed E-state index contributed by atoms with van der Waals surface area (Å²) in [6.07, 6.45) is -0.351. The Bertz CT molecular complexity index is 400. The van der Waals surface area contributed by atoms with Crippen molar-refractivity contribution >= 4 is 0 Å². The van der Waals surface area contributed by atoms with Crippen molar-refractivity contribution < 1.29 is 23.7 Å². The van der Waals surface area contributed by atoms with Crippen molar-refractivity contribution in [3.05, 3.63) is 17.4 Å². The SMILES string of the molecule is COc1c(F)cc2c(c1CC(C)O)OCO2. The number of benzene rings is 1. The van der Waals surface area contributed by atoms with Gasteiger partial charge in [0.1, 0.15) is 0 Å². The smallest absolute Gasteiger partial charge is 0.231 e. The molecule has 1 aliphatic heterocycles. The van der Waals surface area contributed by atoms with E-state index in [0.29, 0.717) is 17.1 Å². The van der Waals surface area contributed by atoms with Gasteiger partial charge >= 0.3 is 0 Å². The van der Waals surface area contributed by atoms with Crippen LogP contribution in [0.4, 0.5) is 4.39 Å². The van der Waals surface area contributed by atoms with E-state index >= 15 is 0 Å². The Hall–Kier alpha value is -1.49. The van der Waals surface area contributed by atoms with Gasteiger partial charge in [-0.2, -0.15) is 0 Å². The summed E-state index contributed by atoms with van der Waals surface area (Å²) < 4.78 is 28.9. The molecule has 0 saturated carbocycles. The molecular formula is C11H13FO4. The molecule has 1 atom stereocenters. The second-order valence-electron chi connectivity index (χ2n) is 3.66. The first kappa shape index (κ1) is 11.0. The number of halogens is 1. The van der Waals surface area contributed by atoms with Crippen LogP contribution < -0.4 is 14.2 Å². The minimum atomic E-state index is -0.607. The molecule has 1 aromatic rings. The maximum Gasteiger partial charge on any atom is 0.231 e. The molecule has 0 aromatic heterocycles. The zero-order chi connectivity index (χ0) is 11.7. The predicted octanol–water partition coefficient (Wildman–Crippen LogP) is 1.49. The van der Waals surface area contributed by atoms with Crippen LogP contribution in [0.1, 0.15) is 12.5 Å². The number of hydrogen-bond acceptors (Lipinski definition) is 4. The highest BCUT2D eigenvalue weighted by Gasteiger charge is 2.25. The molecule has 0 amide bonds. The first-order chi connectivity index (χ1) is 7.63. The van der Waals surface area contributed by atoms with E-state index < -0.39 is 11.9 Å². The Morgan fingerprint density at radius 1 is 1.56 bits per heavy atom. The number of ether oxygens (including phenoxy) is 3. The summed E-state index contributed by atoms with van der Waals surface area (Å²) in [4.78, 5) is 0. The number of rotatable bonds is 3. The van der Waals surface area contributed by atoms with E-state index in [9.17, 15) is 9.50 Å². The molecule has 1 aliphatic rings. The van der Waals surface area contributed by atoms with Crippen molar-refractivity contribution in [1.29, 1.82) is 0 Å². The molecule has 0 bridgehead atoms. The standard InChI is InChI=1S/C11H13FO4/c1-6(13)3-7-10(14-2)8(12)4-9-11(7)16-5-15-9/h4,6,13H,3,5H2,1-2H3. The van der Waals surface area contributed by atoms with Crippen molar-refractivity contribution in [3.63, 3.8) is 0 Å². The fourth-order valence-corrected chi connectivity index (χ4v) is 1.76. The van der Waals surface area contributed by atoms with Crippen LogP contribution in [-0.2, 0) is 6.42 Å². The fraction of sp³-hybridized carbons (Fsp3) is 0.455. The van der Waals surface area contributed by atoms with Gasteiger partial charge in [-0.15, -0.1) is 0 Å². The predicted molar refractivity (Wildman–Crippen MR) is 54.5 cm³/mol. The lowest BCUT2D eigenvalue weighted by molar-refractivity contribution is 0.169. The summed E-state index contributed by atoms with van der Waals surface area (Å²) in [5.41, 5.74) is 0.505. The third-order valence-corrected chi connectivity index (χ3v) is 2.37. The first-order valence-corrected chi connectivity index (χ1v) is 4.96. The maximum atomic E-state index is 13.6. The molecule has 5 heteroatoms. The topological polar surface area (TPSA) is 47.9 Å². The van der Waals surface area contributed by atoms with Gasteiger partial charge in [0.2, 0.25) is 6.79 Å². The van der Waals surface area contributed by atoms with Crippen molar-refractivity contribution in [2.75, 3.05) is 13.9 Å². The fourth-order valence-electron chi connectivity index (χ4n) is 1.76. The Kier molecular flexibility index (Phi) is 2.87. The maximum absolute atomic E-state index is 13.6. The van der Waals surface area contributed by atoms with Crippen LogP contribution in [0.3, 0.4) is 0 Å². The van der Waals surface area contributed by atoms with E-state index in [1.807, 2.05) is 0 Å². The highest BCUT2D eigenvalue weighted by atomic mass is 19.1. The van der Waals surface area contributed by atoms with Crippen molar-refractivity contribution in [2.24, 2.45) is 0 Å². The molecule has 0 fully saturated rings. The lowest BCUT2D eigenvalue weighted by Gasteiger charge is -2.13. The van der Waals surface area contributed by atoms with Crippen LogP contribution in [0.25, 0.3) is 0 Å². The number of aliphatic hydroxyl groups excluding tert-OH is 1. The van der Waals surface area contributed by atoms with Crippen LogP contribution in [-0.4, -0.2) is 25.1 Å². The number of hydrogen-bond donors (Lipinski definition) is 1. The molecule has 2 rings (SSSR count). The van der Waals surface area contributed by atoms with Gasteiger partial charge in [-0.25, -0.2) is 4.39 Å². The molecular weight excluding hydrogens is 215 g/mol. The molecule has 1 heterocycles. The van der Waals surface area contributed by atoms with Gasteiger partial charge in [0, 0.05) is 18.1 Å². The number of methoxy groups -OCH3 is 1. The Labute approximate surface area is 92.6 Å². The van der Waals surface area contributed by atoms with E-state index in [0.717, 1.165) is 0 Å². The minimum absolute atomic E-state index is 0.0642. The summed E-state index contributed by atoms with van der Waals surface area (Å²) in [5, 5.41) is 9.37. The summed E-state index contributed by atoms with van der Waals surface area (Å²) in [6.45, 7) is 1.68. The molecule has 1 unspecified atom stereocenters. The van der Waals surface area contributed by atoms with Crippen LogP contribution in [0.2, 0.25) is 0 Å². The second kappa shape index (κ2) is 4.17. The molecule has 0 aliphatic carbocycles. The zero-order valence-electron chi connectivity index (χ0n) is 9.12. The highest BCUT2D eigenvalue weighted by molar-refractivity contribution is 5.56. The molecule has 88 valence electrons. The van der Waals surface area contributed by atoms with Gasteiger partial charge in [0.05, 0.1) is 13.2 Å². The van der Waals surface area contributed by atoms with E-state index in [2.05, 4.69) is 0 Å². The Balaban J connectivity index is 2.52. The minimum Gasteiger partial charge on any atom is -0.493 e. The summed E-state index contributed by atoms with van der Waals surface area (Å²) in [6, 6.07) is 1.23. The first-order valence-electron chi connectivity index (χ1n) is 4.96. The summed E-state index contributed by atoms with van der Waals surface area (Å²) in [7, 11) is 1.38. The van der Waals surface area contributed by atoms with Crippen molar-refractivity contribution in [2.45, 2.75) is 19.4 Å². The van der Waals surface area contributed by atoms with Gasteiger partial charge in [0.15, 0.2) is 23.1 Å². The molecule has 0 radical (unpaired) electrons. The van der Waals surface area contributed by atoms with Crippen LogP contribution in [0, 0.1) is 5.82 Å². The van der Waals surface area contributed by atoms with E-state index in [1.54, 1.807) is 6.92 Å². The van der Waals surface area contributed by atoms with Crippen LogP contribution in [0.5, 0.6) is 17.2 Å². The summed E-state index contributed by atoms with van der Waals surface area (Å²) >= 11 is 0. The monoisotopic (exact) mass is 228 g/mol. The van der Waals surface area contributed by atoms with E-state index in [4.69, 9.17) is 14.2 Å². The average molecular weight is 228 g/mol. The normalized spacial score (nSPS) is 15.0. The summed E-state index contributed by atoms with van der Waals surface area (Å²) in [5.74, 6) is 0.403. The van der Waals surface area contributed by atoms with Gasteiger partial charge in [-0.05, 0) is 6.92 Å². The third-order valence-electron chi connectivity index (χ3n) is 2.37. The van der Waals surface area contributed by atoms with E-state index in [-0.39, 0.29) is 19.0 Å². The lowest BCUT2D eigenvalue weighted by atomic mass is 10.1. The van der Waals surface area contributed by atoms with E-state index in [1.165, 1.54) is 13.2 Å². The Morgan fingerprint density at radius 3 is 2.94 bits per heavy atom. The van der Waals surface area contributed by atoms with Gasteiger partial charge < -0.3 is 19.3 Å². The highest BCUT2D eigenvalue weighted by Crippen LogP contribution is 2.43. The average Bonchev–Trinajstić information content (AvgIpc) is 2.64. The van der Waals surface area contributed by atoms with Gasteiger partial charge in [0.25, 0.3) is 0 Å². The zero-order valence-corrected chi connectivity index (χ0v) is 9.12. The second-order valence-corrected chi connectivity index (χ2v) is 3.66. The lowest BCUT2D eigenvalue weighted by Crippen LogP contribution is -2.08. The van der Waals surface area contributed by atoms with Crippen LogP contribution >= 0.6 is 0 Å². The van der Waals surface area contributed by atoms with Crippen molar-refractivity contribution in [1.82, 2.24) is 0 Å². The molecule has 1 aromatic carbocycles. The molecule has 16 heavy (non-hydrogen) atoms. The molecule has 1 N–H and O–H groups in total. The van der Waals surface area contributed by atoms with Gasteiger partial charge in [-0.1, -0.05) is 0 Å². The molecule has 0 spiro atoms. The molecule has 0 saturated heterocycles. The van der Waals surface area contributed by atoms with Crippen molar-refractivity contribution in [3.8, 4) is 17.2 Å². The quantitative estimate of drug-likeness (QED) is 0.851. The van der Waals surface area contributed by atoms with Gasteiger partial charge in [-0.3, -0.25) is 0 Å². The number of aliphatic hydroxyl groups is 1. The number of fused-ring (bicyclic) bond motifs is 1. The third kappa shape index (κ3) is 1.78. The molecule has 4 nitrogen and oxygen atoms in total.